The molecule has 7 heteroatoms. The minimum atomic E-state index is -4.43. The lowest BCUT2D eigenvalue weighted by Crippen LogP contribution is -2.25. The molecule has 0 bridgehead atoms. The van der Waals surface area contributed by atoms with Crippen LogP contribution in [0.3, 0.4) is 0 Å². The second-order valence-corrected chi connectivity index (χ2v) is 4.23. The van der Waals surface area contributed by atoms with E-state index < -0.39 is 40.7 Å². The van der Waals surface area contributed by atoms with Crippen LogP contribution < -0.4 is 4.74 Å². The molecule has 0 spiro atoms. The summed E-state index contributed by atoms with van der Waals surface area (Å²) in [7, 11) is 0. The van der Waals surface area contributed by atoms with Gasteiger partial charge in [-0.25, -0.2) is 17.6 Å². The quantitative estimate of drug-likeness (QED) is 0.748. The topological polar surface area (TPSA) is 9.23 Å². The minimum Gasteiger partial charge on any atom is -0.429 e. The second-order valence-electron chi connectivity index (χ2n) is 4.23. The van der Waals surface area contributed by atoms with Crippen molar-refractivity contribution in [2.24, 2.45) is 0 Å². The van der Waals surface area contributed by atoms with Gasteiger partial charge in [-0.1, -0.05) is 6.07 Å². The maximum atomic E-state index is 13.8. The van der Waals surface area contributed by atoms with E-state index in [1.54, 1.807) is 0 Å². The van der Waals surface area contributed by atoms with Crippen LogP contribution in [-0.2, 0) is 6.11 Å². The molecule has 112 valence electrons. The van der Waals surface area contributed by atoms with Crippen LogP contribution in [0.1, 0.15) is 11.1 Å². The molecule has 0 aliphatic carbocycles. The van der Waals surface area contributed by atoms with Crippen LogP contribution in [0.5, 0.6) is 5.75 Å². The average Bonchev–Trinajstić information content (AvgIpc) is 2.34. The van der Waals surface area contributed by atoms with E-state index in [9.17, 15) is 26.3 Å². The van der Waals surface area contributed by atoms with Crippen molar-refractivity contribution in [2.75, 3.05) is 0 Å². The van der Waals surface area contributed by atoms with Gasteiger partial charge in [0.1, 0.15) is 34.6 Å². The first kappa shape index (κ1) is 15.2. The molecule has 0 amide bonds. The first-order valence-corrected chi connectivity index (χ1v) is 5.69. The molecule has 1 nitrogen and oxygen atoms in total. The average molecular weight is 306 g/mol. The highest BCUT2D eigenvalue weighted by Gasteiger charge is 2.41. The van der Waals surface area contributed by atoms with Crippen LogP contribution in [0.2, 0.25) is 0 Å². The summed E-state index contributed by atoms with van der Waals surface area (Å²) < 4.78 is 84.8. The van der Waals surface area contributed by atoms with Gasteiger partial charge in [0.25, 0.3) is 0 Å². The van der Waals surface area contributed by atoms with Crippen molar-refractivity contribution < 1.29 is 31.1 Å². The number of rotatable bonds is 3. The normalized spacial score (nSPS) is 11.6. The number of ether oxygens (including phenoxy) is 1. The van der Waals surface area contributed by atoms with Gasteiger partial charge in [-0.2, -0.15) is 8.78 Å². The molecule has 0 atom stereocenters. The zero-order valence-electron chi connectivity index (χ0n) is 10.6. The smallest absolute Gasteiger partial charge is 0.429 e. The van der Waals surface area contributed by atoms with Crippen molar-refractivity contribution in [2.45, 2.75) is 13.0 Å². The summed E-state index contributed by atoms with van der Waals surface area (Å²) in [5.41, 5.74) is -2.02. The summed E-state index contributed by atoms with van der Waals surface area (Å²) in [6.45, 7) is 1.10. The van der Waals surface area contributed by atoms with Gasteiger partial charge in [0.2, 0.25) is 0 Å². The Hall–Kier alpha value is -2.18. The van der Waals surface area contributed by atoms with Crippen molar-refractivity contribution >= 4 is 0 Å². The van der Waals surface area contributed by atoms with E-state index in [-0.39, 0.29) is 5.56 Å². The van der Waals surface area contributed by atoms with Crippen molar-refractivity contribution in [3.05, 3.63) is 64.7 Å². The molecule has 0 unspecified atom stereocenters. The maximum Gasteiger partial charge on any atom is 0.432 e. The molecule has 0 aliphatic heterocycles. The molecular formula is C14H8F6O. The summed E-state index contributed by atoms with van der Waals surface area (Å²) in [6.07, 6.45) is -4.43. The molecule has 0 aliphatic rings. The van der Waals surface area contributed by atoms with E-state index in [1.807, 2.05) is 0 Å². The summed E-state index contributed by atoms with van der Waals surface area (Å²) in [6, 6.07) is 3.14. The molecule has 0 fully saturated rings. The largest absolute Gasteiger partial charge is 0.432 e. The van der Waals surface area contributed by atoms with E-state index >= 15 is 0 Å². The highest BCUT2D eigenvalue weighted by Crippen LogP contribution is 2.35. The van der Waals surface area contributed by atoms with Gasteiger partial charge >= 0.3 is 6.11 Å². The molecule has 0 radical (unpaired) electrons. The standard InChI is InChI=1S/C14H8F6O/c1-7-11(17)5-8(6-12(7)18)21-14(19,20)13-9(15)3-2-4-10(13)16/h2-6H,1H3. The molecule has 0 heterocycles. The number of halogens is 6. The molecule has 0 N–H and O–H groups in total. The lowest BCUT2D eigenvalue weighted by molar-refractivity contribution is -0.189. The number of hydrogen-bond donors (Lipinski definition) is 0. The van der Waals surface area contributed by atoms with E-state index in [0.717, 1.165) is 13.0 Å². The summed E-state index contributed by atoms with van der Waals surface area (Å²) in [4.78, 5) is 0. The predicted molar refractivity (Wildman–Crippen MR) is 62.0 cm³/mol. The summed E-state index contributed by atoms with van der Waals surface area (Å²) in [5.74, 6) is -6.19. The van der Waals surface area contributed by atoms with Crippen LogP contribution in [0.4, 0.5) is 26.3 Å². The van der Waals surface area contributed by atoms with E-state index in [4.69, 9.17) is 0 Å². The maximum absolute atomic E-state index is 13.8. The number of hydrogen-bond acceptors (Lipinski definition) is 1. The van der Waals surface area contributed by atoms with E-state index in [0.29, 0.717) is 24.3 Å². The molecular weight excluding hydrogens is 298 g/mol. The van der Waals surface area contributed by atoms with Crippen molar-refractivity contribution in [1.29, 1.82) is 0 Å². The van der Waals surface area contributed by atoms with Gasteiger partial charge in [-0.3, -0.25) is 0 Å². The first-order valence-electron chi connectivity index (χ1n) is 5.69. The zero-order chi connectivity index (χ0) is 15.8. The number of benzene rings is 2. The third kappa shape index (κ3) is 2.96. The van der Waals surface area contributed by atoms with Gasteiger partial charge in [0, 0.05) is 17.7 Å². The second kappa shape index (κ2) is 5.31. The van der Waals surface area contributed by atoms with Gasteiger partial charge in [0.15, 0.2) is 0 Å². The molecule has 21 heavy (non-hydrogen) atoms. The van der Waals surface area contributed by atoms with Crippen molar-refractivity contribution in [3.8, 4) is 5.75 Å². The fourth-order valence-electron chi connectivity index (χ4n) is 1.66. The van der Waals surface area contributed by atoms with Crippen LogP contribution in [0.25, 0.3) is 0 Å². The van der Waals surface area contributed by atoms with Gasteiger partial charge in [-0.05, 0) is 19.1 Å². The van der Waals surface area contributed by atoms with E-state index in [2.05, 4.69) is 4.74 Å². The highest BCUT2D eigenvalue weighted by molar-refractivity contribution is 5.31. The van der Waals surface area contributed by atoms with E-state index in [1.165, 1.54) is 0 Å². The SMILES string of the molecule is Cc1c(F)cc(OC(F)(F)c2c(F)cccc2F)cc1F. The fraction of sp³-hybridized carbons (Fsp3) is 0.143. The van der Waals surface area contributed by atoms with Gasteiger partial charge in [-0.15, -0.1) is 0 Å². The highest BCUT2D eigenvalue weighted by atomic mass is 19.3. The summed E-state index contributed by atoms with van der Waals surface area (Å²) >= 11 is 0. The predicted octanol–water partition coefficient (Wildman–Crippen LogP) is 4.68. The van der Waals surface area contributed by atoms with Crippen LogP contribution in [0.15, 0.2) is 30.3 Å². The molecule has 2 aromatic carbocycles. The lowest BCUT2D eigenvalue weighted by Gasteiger charge is -2.19. The lowest BCUT2D eigenvalue weighted by atomic mass is 10.1. The molecule has 0 saturated heterocycles. The third-order valence-electron chi connectivity index (χ3n) is 2.75. The molecule has 2 aromatic rings. The molecule has 0 saturated carbocycles. The zero-order valence-corrected chi connectivity index (χ0v) is 10.6. The van der Waals surface area contributed by atoms with Crippen LogP contribution in [0, 0.1) is 30.2 Å². The van der Waals surface area contributed by atoms with Gasteiger partial charge in [0.05, 0.1) is 0 Å². The Morgan fingerprint density at radius 2 is 1.33 bits per heavy atom. The first-order chi connectivity index (χ1) is 9.72. The molecule has 2 rings (SSSR count). The molecule has 0 aromatic heterocycles. The fourth-order valence-corrected chi connectivity index (χ4v) is 1.66. The summed E-state index contributed by atoms with van der Waals surface area (Å²) in [5, 5.41) is 0. The van der Waals surface area contributed by atoms with Gasteiger partial charge < -0.3 is 4.74 Å². The van der Waals surface area contributed by atoms with Crippen LogP contribution >= 0.6 is 0 Å². The third-order valence-corrected chi connectivity index (χ3v) is 2.75. The Bertz CT molecular complexity index is 640. The Labute approximate surface area is 115 Å². The van der Waals surface area contributed by atoms with Crippen LogP contribution in [-0.4, -0.2) is 0 Å². The van der Waals surface area contributed by atoms with Crippen molar-refractivity contribution in [3.63, 3.8) is 0 Å². The Balaban J connectivity index is 2.42. The monoisotopic (exact) mass is 306 g/mol. The minimum absolute atomic E-state index is 0.386. The Kier molecular flexibility index (Phi) is 3.85. The van der Waals surface area contributed by atoms with Crippen molar-refractivity contribution in [1.82, 2.24) is 0 Å². The Morgan fingerprint density at radius 1 is 0.857 bits per heavy atom. The number of alkyl halides is 2. The Morgan fingerprint density at radius 3 is 1.81 bits per heavy atom.